The number of allylic oxidation sites excluding steroid dienone is 1. The van der Waals surface area contributed by atoms with Gasteiger partial charge in [0.1, 0.15) is 5.65 Å². The second-order valence-corrected chi connectivity index (χ2v) is 9.71. The van der Waals surface area contributed by atoms with Gasteiger partial charge in [0, 0.05) is 17.5 Å². The molecule has 0 saturated heterocycles. The third kappa shape index (κ3) is 4.39. The number of halogens is 2. The average molecular weight is 494 g/mol. The summed E-state index contributed by atoms with van der Waals surface area (Å²) in [5, 5.41) is 0.713. The number of fused-ring (bicyclic) bond motifs is 2. The molecule has 1 aliphatic carbocycles. The van der Waals surface area contributed by atoms with Gasteiger partial charge >= 0.3 is 5.97 Å². The molecule has 0 unspecified atom stereocenters. The number of hydrogen-bond donors (Lipinski definition) is 1. The van der Waals surface area contributed by atoms with Crippen molar-refractivity contribution in [3.8, 4) is 11.5 Å². The van der Waals surface area contributed by atoms with Crippen LogP contribution < -0.4 is 5.73 Å². The van der Waals surface area contributed by atoms with E-state index in [-0.39, 0.29) is 18.2 Å². The van der Waals surface area contributed by atoms with E-state index >= 15 is 0 Å². The van der Waals surface area contributed by atoms with Crippen molar-refractivity contribution in [2.45, 2.75) is 64.3 Å². The van der Waals surface area contributed by atoms with Crippen LogP contribution in [-0.4, -0.2) is 37.1 Å². The first-order chi connectivity index (χ1) is 17.1. The fourth-order valence-corrected chi connectivity index (χ4v) is 4.41. The summed E-state index contributed by atoms with van der Waals surface area (Å²) in [6, 6.07) is 10.6. The minimum absolute atomic E-state index is 0.206. The van der Waals surface area contributed by atoms with Gasteiger partial charge in [0.25, 0.3) is 5.92 Å². The van der Waals surface area contributed by atoms with Gasteiger partial charge in [0.2, 0.25) is 0 Å². The molecule has 0 aliphatic heterocycles. The summed E-state index contributed by atoms with van der Waals surface area (Å²) in [6.45, 7) is 8.06. The molecule has 9 heteroatoms. The highest BCUT2D eigenvalue weighted by atomic mass is 19.3. The first kappa shape index (κ1) is 24.1. The van der Waals surface area contributed by atoms with Crippen LogP contribution in [0.1, 0.15) is 61.7 Å². The zero-order chi connectivity index (χ0) is 25.8. The fraction of sp³-hybridized carbons (Fsp3) is 0.370. The van der Waals surface area contributed by atoms with E-state index in [4.69, 9.17) is 15.5 Å². The number of carbonyl (C=O) groups is 1. The third-order valence-electron chi connectivity index (χ3n) is 6.31. The molecule has 3 aromatic heterocycles. The Morgan fingerprint density at radius 3 is 2.61 bits per heavy atom. The van der Waals surface area contributed by atoms with Gasteiger partial charge in [-0.3, -0.25) is 0 Å². The Labute approximate surface area is 207 Å². The monoisotopic (exact) mass is 493 g/mol. The van der Waals surface area contributed by atoms with Crippen LogP contribution in [0.15, 0.2) is 49.1 Å². The molecule has 2 N–H and O–H groups in total. The molecule has 188 valence electrons. The molecule has 3 heterocycles. The van der Waals surface area contributed by atoms with Crippen LogP contribution in [0.3, 0.4) is 0 Å². The van der Waals surface area contributed by atoms with E-state index in [9.17, 15) is 13.6 Å². The maximum absolute atomic E-state index is 14.7. The Kier molecular flexibility index (Phi) is 5.90. The molecular weight excluding hydrogens is 464 g/mol. The number of nitrogens with zero attached hydrogens (tertiary/aromatic N) is 4. The predicted molar refractivity (Wildman–Crippen MR) is 135 cm³/mol. The first-order valence-electron chi connectivity index (χ1n) is 12.1. The first-order valence-corrected chi connectivity index (χ1v) is 12.1. The Morgan fingerprint density at radius 2 is 1.97 bits per heavy atom. The summed E-state index contributed by atoms with van der Waals surface area (Å²) in [6.07, 6.45) is 2.33. The van der Waals surface area contributed by atoms with Gasteiger partial charge < -0.3 is 19.6 Å². The summed E-state index contributed by atoms with van der Waals surface area (Å²) in [4.78, 5) is 21.9. The van der Waals surface area contributed by atoms with E-state index < -0.39 is 18.4 Å². The number of alkyl halides is 2. The lowest BCUT2D eigenvalue weighted by Crippen LogP contribution is -2.22. The van der Waals surface area contributed by atoms with Gasteiger partial charge in [-0.25, -0.2) is 23.5 Å². The number of nitrogens with two attached hydrogens (primary N) is 1. The minimum atomic E-state index is -3.16. The van der Waals surface area contributed by atoms with Crippen molar-refractivity contribution in [1.29, 1.82) is 0 Å². The molecule has 0 spiro atoms. The van der Waals surface area contributed by atoms with Gasteiger partial charge in [0.05, 0.1) is 40.6 Å². The quantitative estimate of drug-likeness (QED) is 0.248. The molecule has 7 nitrogen and oxygen atoms in total. The van der Waals surface area contributed by atoms with Gasteiger partial charge in [0.15, 0.2) is 5.82 Å². The number of imidazole rings is 1. The summed E-state index contributed by atoms with van der Waals surface area (Å²) >= 11 is 0. The van der Waals surface area contributed by atoms with Crippen molar-refractivity contribution < 1.29 is 18.3 Å². The lowest BCUT2D eigenvalue weighted by Gasteiger charge is -2.17. The van der Waals surface area contributed by atoms with Crippen molar-refractivity contribution in [1.82, 2.24) is 19.1 Å². The highest BCUT2D eigenvalue weighted by Crippen LogP contribution is 2.42. The second kappa shape index (κ2) is 8.81. The smallest absolute Gasteiger partial charge is 0.338 e. The summed E-state index contributed by atoms with van der Waals surface area (Å²) < 4.78 is 38.2. The third-order valence-corrected chi connectivity index (χ3v) is 6.31. The topological polar surface area (TPSA) is 88.0 Å². The van der Waals surface area contributed by atoms with E-state index in [1.165, 1.54) is 4.57 Å². The molecule has 4 aromatic rings. The molecule has 1 atom stereocenters. The number of esters is 1. The highest BCUT2D eigenvalue weighted by molar-refractivity contribution is 5.95. The SMILES string of the molecule is C=CC(F)(F)Cn1c(-c2nc3cc(C(=O)OC(C)C)ccc3n2C2CC2)cc2ccc([C@@H](C)N)nc21. The highest BCUT2D eigenvalue weighted by Gasteiger charge is 2.33. The van der Waals surface area contributed by atoms with Gasteiger partial charge in [-0.2, -0.15) is 0 Å². The average Bonchev–Trinajstić information content (AvgIpc) is 3.51. The summed E-state index contributed by atoms with van der Waals surface area (Å²) in [5.41, 5.74) is 9.41. The number of carbonyl (C=O) groups excluding carboxylic acids is 1. The van der Waals surface area contributed by atoms with E-state index in [1.54, 1.807) is 32.9 Å². The molecule has 0 amide bonds. The van der Waals surface area contributed by atoms with E-state index in [0.29, 0.717) is 45.4 Å². The zero-order valence-corrected chi connectivity index (χ0v) is 20.5. The summed E-state index contributed by atoms with van der Waals surface area (Å²) in [5.74, 6) is -3.03. The van der Waals surface area contributed by atoms with Crippen LogP contribution in [0.25, 0.3) is 33.6 Å². The minimum Gasteiger partial charge on any atom is -0.459 e. The van der Waals surface area contributed by atoms with Crippen LogP contribution >= 0.6 is 0 Å². The number of pyridine rings is 1. The number of benzene rings is 1. The van der Waals surface area contributed by atoms with E-state index in [1.807, 2.05) is 24.3 Å². The van der Waals surface area contributed by atoms with Crippen LogP contribution in [0.2, 0.25) is 0 Å². The molecule has 0 bridgehead atoms. The standard InChI is InChI=1S/C27H29F2N5O2/c1-5-27(28,29)14-33-23(13-17-6-10-20(16(4)30)31-24(17)33)25-32-21-12-18(26(35)36-15(2)3)7-11-22(21)34(25)19-8-9-19/h5-7,10-13,15-16,19H,1,8-9,14,30H2,2-4H3/t16-/m1/s1. The molecule has 1 fully saturated rings. The second-order valence-electron chi connectivity index (χ2n) is 9.71. The summed E-state index contributed by atoms with van der Waals surface area (Å²) in [7, 11) is 0. The van der Waals surface area contributed by atoms with Gasteiger partial charge in [-0.1, -0.05) is 6.58 Å². The number of rotatable bonds is 8. The van der Waals surface area contributed by atoms with Gasteiger partial charge in [-0.15, -0.1) is 0 Å². The number of ether oxygens (including phenoxy) is 1. The van der Waals surface area contributed by atoms with Crippen LogP contribution in [0.5, 0.6) is 0 Å². The Hall–Kier alpha value is -3.59. The maximum atomic E-state index is 14.7. The number of aromatic nitrogens is 4. The largest absolute Gasteiger partial charge is 0.459 e. The Balaban J connectivity index is 1.73. The van der Waals surface area contributed by atoms with Crippen LogP contribution in [0, 0.1) is 0 Å². The predicted octanol–water partition coefficient (Wildman–Crippen LogP) is 5.79. The Morgan fingerprint density at radius 1 is 1.22 bits per heavy atom. The fourth-order valence-electron chi connectivity index (χ4n) is 4.41. The van der Waals surface area contributed by atoms with Crippen molar-refractivity contribution in [3.05, 3.63) is 60.3 Å². The van der Waals surface area contributed by atoms with E-state index in [2.05, 4.69) is 16.1 Å². The van der Waals surface area contributed by atoms with Crippen molar-refractivity contribution in [2.24, 2.45) is 5.73 Å². The normalized spacial score (nSPS) is 15.1. The van der Waals surface area contributed by atoms with E-state index in [0.717, 1.165) is 18.4 Å². The van der Waals surface area contributed by atoms with Crippen LogP contribution in [0.4, 0.5) is 8.78 Å². The molecule has 1 aromatic carbocycles. The lowest BCUT2D eigenvalue weighted by molar-refractivity contribution is 0.0370. The molecular formula is C27H29F2N5O2. The molecule has 1 aliphatic rings. The molecule has 5 rings (SSSR count). The lowest BCUT2D eigenvalue weighted by atomic mass is 10.2. The van der Waals surface area contributed by atoms with Gasteiger partial charge in [-0.05, 0) is 76.1 Å². The number of hydrogen-bond acceptors (Lipinski definition) is 5. The van der Waals surface area contributed by atoms with Crippen molar-refractivity contribution in [3.63, 3.8) is 0 Å². The van der Waals surface area contributed by atoms with Crippen molar-refractivity contribution >= 4 is 28.0 Å². The maximum Gasteiger partial charge on any atom is 0.338 e. The van der Waals surface area contributed by atoms with Crippen molar-refractivity contribution in [2.75, 3.05) is 0 Å². The Bertz CT molecular complexity index is 1480. The molecule has 1 saturated carbocycles. The molecule has 0 radical (unpaired) electrons. The zero-order valence-electron chi connectivity index (χ0n) is 20.5. The molecule has 36 heavy (non-hydrogen) atoms. The van der Waals surface area contributed by atoms with Crippen LogP contribution in [-0.2, 0) is 11.3 Å².